The summed E-state index contributed by atoms with van der Waals surface area (Å²) < 4.78 is 10.6. The van der Waals surface area contributed by atoms with Crippen LogP contribution in [-0.4, -0.2) is 18.4 Å². The van der Waals surface area contributed by atoms with Gasteiger partial charge in [0.05, 0.1) is 6.61 Å². The van der Waals surface area contributed by atoms with Crippen molar-refractivity contribution in [3.05, 3.63) is 69.9 Å². The summed E-state index contributed by atoms with van der Waals surface area (Å²) >= 11 is 1.51. The Morgan fingerprint density at radius 3 is 2.75 bits per heavy atom. The highest BCUT2D eigenvalue weighted by molar-refractivity contribution is 7.08. The zero-order valence-electron chi connectivity index (χ0n) is 12.9. The molecule has 1 aliphatic rings. The quantitative estimate of drug-likeness (QED) is 0.512. The second-order valence-electron chi connectivity index (χ2n) is 4.91. The van der Waals surface area contributed by atoms with Crippen molar-refractivity contribution in [1.29, 1.82) is 0 Å². The molecule has 24 heavy (non-hydrogen) atoms. The van der Waals surface area contributed by atoms with Crippen LogP contribution in [-0.2, 0) is 19.1 Å². The summed E-state index contributed by atoms with van der Waals surface area (Å²) in [7, 11) is 0. The zero-order chi connectivity index (χ0) is 16.9. The number of carbonyl (C=O) groups excluding carboxylic acids is 2. The van der Waals surface area contributed by atoms with Crippen LogP contribution in [0.2, 0.25) is 0 Å². The molecule has 0 spiro atoms. The van der Waals surface area contributed by atoms with E-state index in [0.29, 0.717) is 5.69 Å². The van der Waals surface area contributed by atoms with Crippen molar-refractivity contribution in [3.63, 3.8) is 0 Å². The van der Waals surface area contributed by atoms with Gasteiger partial charge >= 0.3 is 5.97 Å². The van der Waals surface area contributed by atoms with Gasteiger partial charge in [0, 0.05) is 5.69 Å². The number of para-hydroxylation sites is 1. The van der Waals surface area contributed by atoms with Gasteiger partial charge in [-0.3, -0.25) is 4.79 Å². The third-order valence-electron chi connectivity index (χ3n) is 3.24. The smallest absolute Gasteiger partial charge is 0.347 e. The van der Waals surface area contributed by atoms with Gasteiger partial charge in [0.15, 0.2) is 11.3 Å². The number of carbonyl (C=O) groups is 2. The van der Waals surface area contributed by atoms with Crippen molar-refractivity contribution in [2.24, 2.45) is 0 Å². The molecule has 2 heterocycles. The van der Waals surface area contributed by atoms with Gasteiger partial charge in [-0.15, -0.1) is 0 Å². The molecule has 0 saturated carbocycles. The molecule has 0 aliphatic carbocycles. The Labute approximate surface area is 143 Å². The number of hydrogen-bond donors (Lipinski definition) is 1. The number of ketones is 1. The average molecular weight is 341 g/mol. The Balaban J connectivity index is 1.93. The van der Waals surface area contributed by atoms with E-state index < -0.39 is 11.8 Å². The zero-order valence-corrected chi connectivity index (χ0v) is 13.8. The van der Waals surface area contributed by atoms with Crippen LogP contribution >= 0.6 is 11.3 Å². The molecule has 0 bridgehead atoms. The number of anilines is 1. The Morgan fingerprint density at radius 2 is 2.08 bits per heavy atom. The van der Waals surface area contributed by atoms with Gasteiger partial charge in [-0.25, -0.2) is 4.79 Å². The molecule has 1 N–H and O–H groups in total. The molecule has 0 amide bonds. The normalized spacial score (nSPS) is 15.5. The summed E-state index contributed by atoms with van der Waals surface area (Å²) in [6, 6.07) is 11.0. The number of benzene rings is 1. The van der Waals surface area contributed by atoms with Crippen LogP contribution < -0.4 is 5.32 Å². The summed E-state index contributed by atoms with van der Waals surface area (Å²) in [5.74, 6) is -1.01. The van der Waals surface area contributed by atoms with E-state index in [1.54, 1.807) is 13.0 Å². The molecule has 0 fully saturated rings. The predicted octanol–water partition coefficient (Wildman–Crippen LogP) is 3.58. The summed E-state index contributed by atoms with van der Waals surface area (Å²) in [5.41, 5.74) is 1.42. The third kappa shape index (κ3) is 3.38. The summed E-state index contributed by atoms with van der Waals surface area (Å²) in [6.07, 6.45) is 1.61. The Kier molecular flexibility index (Phi) is 4.77. The van der Waals surface area contributed by atoms with Gasteiger partial charge in [0.2, 0.25) is 11.7 Å². The molecule has 2 aromatic rings. The Hall–Kier alpha value is -2.86. The summed E-state index contributed by atoms with van der Waals surface area (Å²) in [5, 5.41) is 6.75. The molecule has 1 aromatic heterocycles. The van der Waals surface area contributed by atoms with E-state index in [1.165, 1.54) is 11.3 Å². The molecule has 122 valence electrons. The second kappa shape index (κ2) is 7.14. The Morgan fingerprint density at radius 1 is 1.29 bits per heavy atom. The number of rotatable bonds is 5. The average Bonchev–Trinajstić information content (AvgIpc) is 3.18. The van der Waals surface area contributed by atoms with Gasteiger partial charge in [0.1, 0.15) is 0 Å². The van der Waals surface area contributed by atoms with Crippen LogP contribution in [0.5, 0.6) is 0 Å². The molecule has 1 aromatic carbocycles. The van der Waals surface area contributed by atoms with Gasteiger partial charge in [0.25, 0.3) is 0 Å². The molecule has 0 atom stereocenters. The van der Waals surface area contributed by atoms with Crippen LogP contribution in [0.1, 0.15) is 12.5 Å². The van der Waals surface area contributed by atoms with Gasteiger partial charge in [-0.05, 0) is 47.5 Å². The van der Waals surface area contributed by atoms with Crippen molar-refractivity contribution >= 4 is 34.9 Å². The van der Waals surface area contributed by atoms with E-state index in [-0.39, 0.29) is 23.8 Å². The number of Topliss-reactive ketones (excluding diaryl/α,β-unsaturated/α-hetero) is 1. The fourth-order valence-electron chi connectivity index (χ4n) is 2.17. The highest BCUT2D eigenvalue weighted by Crippen LogP contribution is 2.29. The highest BCUT2D eigenvalue weighted by atomic mass is 32.1. The lowest BCUT2D eigenvalue weighted by Gasteiger charge is -2.08. The monoisotopic (exact) mass is 341 g/mol. The van der Waals surface area contributed by atoms with Crippen LogP contribution in [0.25, 0.3) is 6.08 Å². The minimum atomic E-state index is -0.699. The van der Waals surface area contributed by atoms with E-state index in [1.807, 2.05) is 47.2 Å². The van der Waals surface area contributed by atoms with Crippen LogP contribution in [0.15, 0.2) is 64.4 Å². The largest absolute Gasteiger partial charge is 0.462 e. The first-order chi connectivity index (χ1) is 11.7. The fourth-order valence-corrected chi connectivity index (χ4v) is 2.78. The molecule has 0 unspecified atom stereocenters. The molecular weight excluding hydrogens is 326 g/mol. The van der Waals surface area contributed by atoms with Gasteiger partial charge in [-0.2, -0.15) is 11.3 Å². The lowest BCUT2D eigenvalue weighted by Crippen LogP contribution is -2.16. The van der Waals surface area contributed by atoms with E-state index >= 15 is 0 Å². The van der Waals surface area contributed by atoms with Gasteiger partial charge < -0.3 is 14.8 Å². The molecule has 5 nitrogen and oxygen atoms in total. The number of allylic oxidation sites excluding steroid dienone is 1. The maximum atomic E-state index is 12.6. The molecule has 6 heteroatoms. The molecule has 0 radical (unpaired) electrons. The lowest BCUT2D eigenvalue weighted by atomic mass is 10.1. The van der Waals surface area contributed by atoms with Crippen molar-refractivity contribution < 1.29 is 19.1 Å². The lowest BCUT2D eigenvalue weighted by molar-refractivity contribution is -0.139. The van der Waals surface area contributed by atoms with E-state index in [4.69, 9.17) is 9.47 Å². The summed E-state index contributed by atoms with van der Waals surface area (Å²) in [6.45, 7) is 1.86. The van der Waals surface area contributed by atoms with Crippen LogP contribution in [0.4, 0.5) is 5.69 Å². The number of hydrogen-bond acceptors (Lipinski definition) is 6. The summed E-state index contributed by atoms with van der Waals surface area (Å²) in [4.78, 5) is 24.7. The molecular formula is C18H15NO4S. The minimum Gasteiger partial charge on any atom is -0.462 e. The van der Waals surface area contributed by atoms with E-state index in [0.717, 1.165) is 5.56 Å². The molecule has 3 rings (SSSR count). The Bertz CT molecular complexity index is 807. The van der Waals surface area contributed by atoms with Crippen LogP contribution in [0.3, 0.4) is 0 Å². The minimum absolute atomic E-state index is 0.0890. The standard InChI is InChI=1S/C18H15NO4S/c1-2-22-18(21)15-16(20)14(10-12-8-9-24-11-12)23-17(15)19-13-6-4-3-5-7-13/h3-11,19H,2H2,1H3/b14-10+. The van der Waals surface area contributed by atoms with Crippen LogP contribution in [0, 0.1) is 0 Å². The predicted molar refractivity (Wildman–Crippen MR) is 92.1 cm³/mol. The SMILES string of the molecule is CCOC(=O)C1=C(Nc2ccccc2)O/C(=C/c2ccsc2)C1=O. The molecule has 0 saturated heterocycles. The van der Waals surface area contributed by atoms with Crippen molar-refractivity contribution in [3.8, 4) is 0 Å². The van der Waals surface area contributed by atoms with E-state index in [9.17, 15) is 9.59 Å². The fraction of sp³-hybridized carbons (Fsp3) is 0.111. The van der Waals surface area contributed by atoms with Crippen molar-refractivity contribution in [2.45, 2.75) is 6.92 Å². The third-order valence-corrected chi connectivity index (χ3v) is 3.94. The topological polar surface area (TPSA) is 64.6 Å². The maximum absolute atomic E-state index is 12.6. The number of thiophene rings is 1. The van der Waals surface area contributed by atoms with Crippen molar-refractivity contribution in [1.82, 2.24) is 0 Å². The van der Waals surface area contributed by atoms with E-state index in [2.05, 4.69) is 5.32 Å². The molecule has 1 aliphatic heterocycles. The highest BCUT2D eigenvalue weighted by Gasteiger charge is 2.36. The second-order valence-corrected chi connectivity index (χ2v) is 5.69. The number of esters is 1. The first-order valence-corrected chi connectivity index (χ1v) is 8.33. The number of nitrogens with one attached hydrogen (secondary N) is 1. The van der Waals surface area contributed by atoms with Gasteiger partial charge in [-0.1, -0.05) is 18.2 Å². The first kappa shape index (κ1) is 16.0. The maximum Gasteiger partial charge on any atom is 0.347 e. The first-order valence-electron chi connectivity index (χ1n) is 7.39. The van der Waals surface area contributed by atoms with Crippen molar-refractivity contribution in [2.75, 3.05) is 11.9 Å². The number of ether oxygens (including phenoxy) is 2.